The summed E-state index contributed by atoms with van der Waals surface area (Å²) >= 11 is 0. The topological polar surface area (TPSA) is 95.9 Å². The Labute approximate surface area is 405 Å². The first-order chi connectivity index (χ1) is 32.0. The third-order valence-corrected chi connectivity index (χ3v) is 13.5. The summed E-state index contributed by atoms with van der Waals surface area (Å²) in [6, 6.07) is -0.545. The molecule has 0 aliphatic rings. The number of amides is 1. The van der Waals surface area contributed by atoms with Crippen LogP contribution in [-0.2, 0) is 14.3 Å². The number of rotatable bonds is 54. The third kappa shape index (κ3) is 51.6. The van der Waals surface area contributed by atoms with Gasteiger partial charge in [0.2, 0.25) is 5.91 Å². The average Bonchev–Trinajstić information content (AvgIpc) is 3.31. The van der Waals surface area contributed by atoms with Crippen molar-refractivity contribution < 1.29 is 24.5 Å². The van der Waals surface area contributed by atoms with E-state index in [4.69, 9.17) is 4.74 Å². The molecular formula is C59H113NO5. The van der Waals surface area contributed by atoms with E-state index in [1.54, 1.807) is 0 Å². The summed E-state index contributed by atoms with van der Waals surface area (Å²) in [6.45, 7) is 4.93. The van der Waals surface area contributed by atoms with Crippen LogP contribution in [0.25, 0.3) is 0 Å². The fraction of sp³-hybridized carbons (Fsp3) is 0.898. The van der Waals surface area contributed by atoms with Crippen molar-refractivity contribution in [3.05, 3.63) is 24.3 Å². The van der Waals surface area contributed by atoms with E-state index in [0.29, 0.717) is 25.9 Å². The Balaban J connectivity index is 3.39. The first-order valence-electron chi connectivity index (χ1n) is 29.1. The number of aliphatic hydroxyl groups excluding tert-OH is 2. The Morgan fingerprint density at radius 2 is 0.723 bits per heavy atom. The maximum absolute atomic E-state index is 12.4. The number of ether oxygens (including phenoxy) is 1. The van der Waals surface area contributed by atoms with Crippen molar-refractivity contribution in [3.63, 3.8) is 0 Å². The minimum atomic E-state index is -0.667. The van der Waals surface area contributed by atoms with Crippen molar-refractivity contribution in [1.29, 1.82) is 0 Å². The fourth-order valence-electron chi connectivity index (χ4n) is 8.98. The summed E-state index contributed by atoms with van der Waals surface area (Å²) in [5.74, 6) is -0.0392. The molecular weight excluding hydrogens is 803 g/mol. The van der Waals surface area contributed by atoms with E-state index in [2.05, 4.69) is 43.5 Å². The molecule has 1 amide bonds. The molecule has 0 saturated carbocycles. The third-order valence-electron chi connectivity index (χ3n) is 13.5. The normalized spacial score (nSPS) is 12.7. The van der Waals surface area contributed by atoms with Gasteiger partial charge in [-0.25, -0.2) is 0 Å². The Morgan fingerprint density at radius 3 is 1.09 bits per heavy atom. The van der Waals surface area contributed by atoms with Crippen LogP contribution in [0.15, 0.2) is 24.3 Å². The van der Waals surface area contributed by atoms with E-state index < -0.39 is 12.1 Å². The van der Waals surface area contributed by atoms with Crippen LogP contribution >= 0.6 is 0 Å². The van der Waals surface area contributed by atoms with Crippen LogP contribution in [-0.4, -0.2) is 47.4 Å². The first kappa shape index (κ1) is 63.3. The number of unbranched alkanes of at least 4 members (excludes halogenated alkanes) is 39. The largest absolute Gasteiger partial charge is 0.466 e. The molecule has 0 heterocycles. The molecule has 0 rings (SSSR count). The van der Waals surface area contributed by atoms with E-state index in [1.165, 1.54) is 238 Å². The Morgan fingerprint density at radius 1 is 0.415 bits per heavy atom. The van der Waals surface area contributed by atoms with Crippen LogP contribution in [0.4, 0.5) is 0 Å². The van der Waals surface area contributed by atoms with Crippen LogP contribution in [0.1, 0.15) is 316 Å². The van der Waals surface area contributed by atoms with Gasteiger partial charge in [-0.1, -0.05) is 250 Å². The predicted octanol–water partition coefficient (Wildman–Crippen LogP) is 17.9. The van der Waals surface area contributed by atoms with Gasteiger partial charge in [0.05, 0.1) is 25.4 Å². The zero-order chi connectivity index (χ0) is 47.2. The summed E-state index contributed by atoms with van der Waals surface area (Å²) in [4.78, 5) is 24.5. The van der Waals surface area contributed by atoms with E-state index in [-0.39, 0.29) is 18.5 Å². The highest BCUT2D eigenvalue weighted by Crippen LogP contribution is 2.16. The molecule has 0 aromatic carbocycles. The minimum absolute atomic E-state index is 0.00488. The zero-order valence-electron chi connectivity index (χ0n) is 43.7. The molecule has 0 spiro atoms. The second-order valence-electron chi connectivity index (χ2n) is 20.0. The van der Waals surface area contributed by atoms with Gasteiger partial charge < -0.3 is 20.3 Å². The first-order valence-corrected chi connectivity index (χ1v) is 29.1. The van der Waals surface area contributed by atoms with Gasteiger partial charge in [-0.2, -0.15) is 0 Å². The molecule has 2 unspecified atom stereocenters. The van der Waals surface area contributed by atoms with Gasteiger partial charge in [-0.15, -0.1) is 0 Å². The smallest absolute Gasteiger partial charge is 0.305 e. The van der Waals surface area contributed by atoms with Gasteiger partial charge in [0.25, 0.3) is 0 Å². The molecule has 0 saturated heterocycles. The van der Waals surface area contributed by atoms with Gasteiger partial charge in [-0.05, 0) is 77.0 Å². The molecule has 65 heavy (non-hydrogen) atoms. The van der Waals surface area contributed by atoms with Crippen LogP contribution in [0.3, 0.4) is 0 Å². The number of esters is 1. The lowest BCUT2D eigenvalue weighted by Crippen LogP contribution is -2.45. The van der Waals surface area contributed by atoms with Crippen molar-refractivity contribution >= 4 is 11.9 Å². The second-order valence-corrected chi connectivity index (χ2v) is 20.0. The highest BCUT2D eigenvalue weighted by Gasteiger charge is 2.20. The molecule has 0 aromatic heterocycles. The van der Waals surface area contributed by atoms with Gasteiger partial charge in [-0.3, -0.25) is 9.59 Å². The molecule has 0 radical (unpaired) electrons. The zero-order valence-corrected chi connectivity index (χ0v) is 43.7. The molecule has 384 valence electrons. The highest BCUT2D eigenvalue weighted by molar-refractivity contribution is 5.76. The standard InChI is InChI=1S/C59H113NO5/c1-3-5-7-9-11-13-15-16-17-23-27-30-33-37-41-45-49-53-59(64)65-54-50-46-42-38-34-31-28-25-22-20-18-19-21-24-26-29-32-36-40-44-48-52-58(63)60-56(55-61)57(62)51-47-43-39-35-14-12-10-8-6-4-2/h16-17,19,21,56-57,61-62H,3-15,18,20,22-55H2,1-2H3,(H,60,63)/b17-16-,21-19-. The molecule has 0 aliphatic heterocycles. The number of hydrogen-bond acceptors (Lipinski definition) is 5. The maximum Gasteiger partial charge on any atom is 0.305 e. The molecule has 0 bridgehead atoms. The van der Waals surface area contributed by atoms with Crippen LogP contribution in [0.5, 0.6) is 0 Å². The van der Waals surface area contributed by atoms with Crippen molar-refractivity contribution in [2.45, 2.75) is 328 Å². The number of carbonyl (C=O) groups excluding carboxylic acids is 2. The number of nitrogens with one attached hydrogen (secondary N) is 1. The lowest BCUT2D eigenvalue weighted by molar-refractivity contribution is -0.143. The van der Waals surface area contributed by atoms with E-state index in [9.17, 15) is 19.8 Å². The lowest BCUT2D eigenvalue weighted by atomic mass is 10.0. The predicted molar refractivity (Wildman–Crippen MR) is 283 cm³/mol. The summed E-state index contributed by atoms with van der Waals surface area (Å²) < 4.78 is 5.48. The molecule has 2 atom stereocenters. The van der Waals surface area contributed by atoms with Crippen LogP contribution in [0.2, 0.25) is 0 Å². The monoisotopic (exact) mass is 916 g/mol. The Bertz CT molecular complexity index is 1010. The summed E-state index contributed by atoms with van der Waals surface area (Å²) in [6.07, 6.45) is 66.1. The number of hydrogen-bond donors (Lipinski definition) is 3. The molecule has 0 aliphatic carbocycles. The summed E-state index contributed by atoms with van der Waals surface area (Å²) in [7, 11) is 0. The Kier molecular flexibility index (Phi) is 53.5. The molecule has 3 N–H and O–H groups in total. The van der Waals surface area contributed by atoms with E-state index in [0.717, 1.165) is 44.9 Å². The number of carbonyl (C=O) groups is 2. The highest BCUT2D eigenvalue weighted by atomic mass is 16.5. The quantitative estimate of drug-likeness (QED) is 0.0321. The molecule has 6 nitrogen and oxygen atoms in total. The van der Waals surface area contributed by atoms with Crippen LogP contribution in [0, 0.1) is 0 Å². The van der Waals surface area contributed by atoms with Gasteiger partial charge in [0.15, 0.2) is 0 Å². The SMILES string of the molecule is CCCCCCCC/C=C\CCCCCCCCCC(=O)OCCCCCCCCCCCC/C=C\CCCCCCCCCC(=O)NC(CO)C(O)CCCCCCCCCCCC. The fourth-order valence-corrected chi connectivity index (χ4v) is 8.98. The van der Waals surface area contributed by atoms with Gasteiger partial charge >= 0.3 is 5.97 Å². The van der Waals surface area contributed by atoms with Crippen molar-refractivity contribution in [2.24, 2.45) is 0 Å². The van der Waals surface area contributed by atoms with Crippen molar-refractivity contribution in [1.82, 2.24) is 5.32 Å². The maximum atomic E-state index is 12.4. The average molecular weight is 917 g/mol. The van der Waals surface area contributed by atoms with Crippen LogP contribution < -0.4 is 5.32 Å². The Hall–Kier alpha value is -1.66. The molecule has 6 heteroatoms. The minimum Gasteiger partial charge on any atom is -0.466 e. The second kappa shape index (κ2) is 54.9. The van der Waals surface area contributed by atoms with E-state index in [1.807, 2.05) is 0 Å². The summed E-state index contributed by atoms with van der Waals surface area (Å²) in [5, 5.41) is 23.1. The van der Waals surface area contributed by atoms with Crippen molar-refractivity contribution in [3.8, 4) is 0 Å². The molecule has 0 aromatic rings. The number of allylic oxidation sites excluding steroid dienone is 4. The van der Waals surface area contributed by atoms with Gasteiger partial charge in [0.1, 0.15) is 0 Å². The van der Waals surface area contributed by atoms with Gasteiger partial charge in [0, 0.05) is 12.8 Å². The lowest BCUT2D eigenvalue weighted by Gasteiger charge is -2.22. The molecule has 0 fully saturated rings. The van der Waals surface area contributed by atoms with E-state index >= 15 is 0 Å². The summed E-state index contributed by atoms with van der Waals surface area (Å²) in [5.41, 5.74) is 0. The number of aliphatic hydroxyl groups is 2. The van der Waals surface area contributed by atoms with Crippen molar-refractivity contribution in [2.75, 3.05) is 13.2 Å².